The lowest BCUT2D eigenvalue weighted by atomic mass is 10.0. The van der Waals surface area contributed by atoms with E-state index in [0.717, 1.165) is 4.90 Å². The van der Waals surface area contributed by atoms with Crippen LogP contribution in [0.4, 0.5) is 10.5 Å². The number of hydrogen-bond donors (Lipinski definition) is 1. The molecule has 0 radical (unpaired) electrons. The van der Waals surface area contributed by atoms with Crippen molar-refractivity contribution in [2.45, 2.75) is 18.5 Å². The molecule has 0 bridgehead atoms. The van der Waals surface area contributed by atoms with Gasteiger partial charge in [0.25, 0.3) is 11.8 Å². The van der Waals surface area contributed by atoms with E-state index in [4.69, 9.17) is 4.74 Å². The van der Waals surface area contributed by atoms with E-state index in [-0.39, 0.29) is 11.9 Å². The molecule has 7 heteroatoms. The fourth-order valence-electron chi connectivity index (χ4n) is 3.67. The minimum atomic E-state index is -0.721. The summed E-state index contributed by atoms with van der Waals surface area (Å²) in [5.74, 6) is -0.0733. The van der Waals surface area contributed by atoms with Gasteiger partial charge in [0, 0.05) is 18.2 Å². The lowest BCUT2D eigenvalue weighted by Gasteiger charge is -2.37. The summed E-state index contributed by atoms with van der Waals surface area (Å²) in [7, 11) is 1.52. The van der Waals surface area contributed by atoms with Crippen LogP contribution >= 0.6 is 0 Å². The number of carbonyl (C=O) groups is 3. The van der Waals surface area contributed by atoms with Gasteiger partial charge in [0.15, 0.2) is 0 Å². The van der Waals surface area contributed by atoms with E-state index in [1.807, 2.05) is 6.07 Å². The monoisotopic (exact) mass is 365 g/mol. The number of ether oxygens (including phenoxy) is 1. The highest BCUT2D eigenvalue weighted by Crippen LogP contribution is 2.30. The molecule has 2 saturated heterocycles. The molecule has 2 aromatic carbocycles. The fourth-order valence-corrected chi connectivity index (χ4v) is 3.67. The molecule has 1 N–H and O–H groups in total. The summed E-state index contributed by atoms with van der Waals surface area (Å²) < 4.78 is 5.19. The largest absolute Gasteiger partial charge is 0.497 e. The van der Waals surface area contributed by atoms with Gasteiger partial charge in [-0.05, 0) is 30.7 Å². The maximum atomic E-state index is 13.2. The highest BCUT2D eigenvalue weighted by Gasteiger charge is 2.50. The number of nitrogens with one attached hydrogen (secondary N) is 1. The number of hydrogen-bond acceptors (Lipinski definition) is 4. The highest BCUT2D eigenvalue weighted by molar-refractivity contribution is 6.19. The van der Waals surface area contributed by atoms with Gasteiger partial charge in [-0.2, -0.15) is 0 Å². The van der Waals surface area contributed by atoms with Crippen molar-refractivity contribution in [1.82, 2.24) is 10.2 Å². The molecule has 4 rings (SSSR count). The molecule has 0 aliphatic carbocycles. The number of benzene rings is 2. The number of nitrogens with zero attached hydrogens (tertiary/aromatic N) is 2. The van der Waals surface area contributed by atoms with Crippen LogP contribution in [0.15, 0.2) is 54.6 Å². The number of imide groups is 1. The van der Waals surface area contributed by atoms with Gasteiger partial charge in [-0.3, -0.25) is 9.59 Å². The number of anilines is 1. The summed E-state index contributed by atoms with van der Waals surface area (Å²) in [4.78, 5) is 41.3. The standard InChI is InChI=1S/C20H19N3O4/c1-27-15-9-5-8-14(12-15)23-19(25)17-16(21-20(23)26)10-11-22(17)18(24)13-6-3-2-4-7-13/h2-9,12,16-17H,10-11H2,1H3,(H,21,26)/t16-,17+/m1/s1. The zero-order valence-corrected chi connectivity index (χ0v) is 14.8. The maximum absolute atomic E-state index is 13.2. The molecule has 2 aromatic rings. The van der Waals surface area contributed by atoms with Crippen LogP contribution < -0.4 is 15.0 Å². The van der Waals surface area contributed by atoms with Gasteiger partial charge in [0.05, 0.1) is 18.8 Å². The molecule has 138 valence electrons. The number of methoxy groups -OCH3 is 1. The Labute approximate surface area is 156 Å². The molecular weight excluding hydrogens is 346 g/mol. The second-order valence-electron chi connectivity index (χ2n) is 6.53. The van der Waals surface area contributed by atoms with E-state index in [0.29, 0.717) is 30.0 Å². The number of rotatable bonds is 3. The van der Waals surface area contributed by atoms with E-state index in [2.05, 4.69) is 5.32 Å². The molecule has 0 unspecified atom stereocenters. The summed E-state index contributed by atoms with van der Waals surface area (Å²) in [5.41, 5.74) is 0.935. The molecule has 2 fully saturated rings. The number of amides is 4. The first-order valence-electron chi connectivity index (χ1n) is 8.74. The lowest BCUT2D eigenvalue weighted by molar-refractivity contribution is -0.122. The average molecular weight is 365 g/mol. The van der Waals surface area contributed by atoms with Gasteiger partial charge in [-0.25, -0.2) is 9.69 Å². The molecule has 0 spiro atoms. The van der Waals surface area contributed by atoms with E-state index in [1.54, 1.807) is 53.4 Å². The van der Waals surface area contributed by atoms with Crippen LogP contribution in [0.5, 0.6) is 5.75 Å². The van der Waals surface area contributed by atoms with Crippen LogP contribution in [0.25, 0.3) is 0 Å². The molecule has 7 nitrogen and oxygen atoms in total. The normalized spacial score (nSPS) is 21.7. The van der Waals surface area contributed by atoms with E-state index < -0.39 is 18.0 Å². The highest BCUT2D eigenvalue weighted by atomic mass is 16.5. The summed E-state index contributed by atoms with van der Waals surface area (Å²) in [6.45, 7) is 0.418. The van der Waals surface area contributed by atoms with Crippen LogP contribution in [0.1, 0.15) is 16.8 Å². The molecule has 0 saturated carbocycles. The van der Waals surface area contributed by atoms with Crippen molar-refractivity contribution in [3.05, 3.63) is 60.2 Å². The second kappa shape index (κ2) is 6.75. The Bertz CT molecular complexity index is 899. The molecule has 2 heterocycles. The molecule has 2 aliphatic rings. The van der Waals surface area contributed by atoms with Gasteiger partial charge < -0.3 is 15.0 Å². The van der Waals surface area contributed by atoms with Crippen molar-refractivity contribution in [3.8, 4) is 5.75 Å². The van der Waals surface area contributed by atoms with Crippen molar-refractivity contribution in [2.24, 2.45) is 0 Å². The number of urea groups is 1. The van der Waals surface area contributed by atoms with Gasteiger partial charge in [-0.15, -0.1) is 0 Å². The van der Waals surface area contributed by atoms with Gasteiger partial charge in [0.1, 0.15) is 11.8 Å². The van der Waals surface area contributed by atoms with Crippen molar-refractivity contribution in [1.29, 1.82) is 0 Å². The first-order chi connectivity index (χ1) is 13.1. The Kier molecular flexibility index (Phi) is 4.27. The van der Waals surface area contributed by atoms with Crippen LogP contribution in [0.2, 0.25) is 0 Å². The lowest BCUT2D eigenvalue weighted by Crippen LogP contribution is -2.65. The smallest absolute Gasteiger partial charge is 0.329 e. The predicted molar refractivity (Wildman–Crippen MR) is 98.7 cm³/mol. The zero-order valence-electron chi connectivity index (χ0n) is 14.8. The van der Waals surface area contributed by atoms with Crippen molar-refractivity contribution in [2.75, 3.05) is 18.6 Å². The van der Waals surface area contributed by atoms with E-state index in [9.17, 15) is 14.4 Å². The topological polar surface area (TPSA) is 79.0 Å². The maximum Gasteiger partial charge on any atom is 0.329 e. The van der Waals surface area contributed by atoms with E-state index >= 15 is 0 Å². The third-order valence-electron chi connectivity index (χ3n) is 4.98. The number of fused-ring (bicyclic) bond motifs is 1. The van der Waals surface area contributed by atoms with E-state index in [1.165, 1.54) is 7.11 Å². The Morgan fingerprint density at radius 2 is 1.89 bits per heavy atom. The second-order valence-corrected chi connectivity index (χ2v) is 6.53. The number of likely N-dealkylation sites (tertiary alicyclic amines) is 1. The van der Waals surface area contributed by atoms with Crippen LogP contribution in [-0.4, -0.2) is 48.5 Å². The minimum absolute atomic E-state index is 0.210. The van der Waals surface area contributed by atoms with Gasteiger partial charge in [0.2, 0.25) is 0 Å². The first-order valence-corrected chi connectivity index (χ1v) is 8.74. The molecule has 0 aromatic heterocycles. The first kappa shape index (κ1) is 17.1. The SMILES string of the molecule is COc1cccc(N2C(=O)N[C@@H]3CCN(C(=O)c4ccccc4)[C@@H]3C2=O)c1. The van der Waals surface area contributed by atoms with Crippen molar-refractivity contribution >= 4 is 23.5 Å². The molecule has 27 heavy (non-hydrogen) atoms. The summed E-state index contributed by atoms with van der Waals surface area (Å²) in [6, 6.07) is 14.0. The molecular formula is C20H19N3O4. The third kappa shape index (κ3) is 2.91. The number of carbonyl (C=O) groups excluding carboxylic acids is 3. The predicted octanol–water partition coefficient (Wildman–Crippen LogP) is 2.03. The summed E-state index contributed by atoms with van der Waals surface area (Å²) >= 11 is 0. The Hall–Kier alpha value is -3.35. The zero-order chi connectivity index (χ0) is 19.0. The van der Waals surface area contributed by atoms with Crippen LogP contribution in [-0.2, 0) is 4.79 Å². The molecule has 2 atom stereocenters. The fraction of sp³-hybridized carbons (Fsp3) is 0.250. The quantitative estimate of drug-likeness (QED) is 0.903. The van der Waals surface area contributed by atoms with Gasteiger partial charge >= 0.3 is 6.03 Å². The van der Waals surface area contributed by atoms with Crippen molar-refractivity contribution in [3.63, 3.8) is 0 Å². The minimum Gasteiger partial charge on any atom is -0.497 e. The molecule has 2 aliphatic heterocycles. The summed E-state index contributed by atoms with van der Waals surface area (Å²) in [5, 5.41) is 2.86. The average Bonchev–Trinajstić information content (AvgIpc) is 3.12. The Morgan fingerprint density at radius 1 is 1.11 bits per heavy atom. The molecule has 4 amide bonds. The third-order valence-corrected chi connectivity index (χ3v) is 4.98. The van der Waals surface area contributed by atoms with Crippen LogP contribution in [0.3, 0.4) is 0 Å². The van der Waals surface area contributed by atoms with Gasteiger partial charge in [-0.1, -0.05) is 24.3 Å². The van der Waals surface area contributed by atoms with Crippen molar-refractivity contribution < 1.29 is 19.1 Å². The Morgan fingerprint density at radius 3 is 2.63 bits per heavy atom. The Balaban J connectivity index is 1.66. The summed E-state index contributed by atoms with van der Waals surface area (Å²) in [6.07, 6.45) is 0.548. The van der Waals surface area contributed by atoms with Crippen LogP contribution in [0, 0.1) is 0 Å².